The van der Waals surface area contributed by atoms with Gasteiger partial charge in [-0.3, -0.25) is 4.90 Å². The van der Waals surface area contributed by atoms with Crippen molar-refractivity contribution in [1.29, 1.82) is 0 Å². The predicted molar refractivity (Wildman–Crippen MR) is 74.8 cm³/mol. The zero-order valence-electron chi connectivity index (χ0n) is 12.1. The highest BCUT2D eigenvalue weighted by Gasteiger charge is 2.40. The molecular formula is C14H25N5. The van der Waals surface area contributed by atoms with Crippen LogP contribution in [0.3, 0.4) is 0 Å². The third-order valence-corrected chi connectivity index (χ3v) is 4.80. The molecule has 1 spiro atoms. The molecule has 3 rings (SSSR count). The quantitative estimate of drug-likeness (QED) is 0.895. The van der Waals surface area contributed by atoms with Crippen molar-refractivity contribution in [3.05, 3.63) is 12.2 Å². The summed E-state index contributed by atoms with van der Waals surface area (Å²) in [5, 5.41) is 8.08. The van der Waals surface area contributed by atoms with E-state index >= 15 is 0 Å². The van der Waals surface area contributed by atoms with Crippen LogP contribution in [-0.2, 0) is 13.1 Å². The van der Waals surface area contributed by atoms with Crippen LogP contribution in [0.2, 0.25) is 0 Å². The van der Waals surface area contributed by atoms with E-state index in [0.29, 0.717) is 11.6 Å². The first kappa shape index (κ1) is 13.1. The van der Waals surface area contributed by atoms with Gasteiger partial charge in [0.15, 0.2) is 0 Å². The number of aromatic nitrogens is 3. The van der Waals surface area contributed by atoms with Crippen LogP contribution in [0.4, 0.5) is 0 Å². The van der Waals surface area contributed by atoms with Crippen molar-refractivity contribution in [2.75, 3.05) is 13.1 Å². The molecule has 1 aromatic rings. The van der Waals surface area contributed by atoms with Gasteiger partial charge in [-0.25, -0.2) is 9.67 Å². The van der Waals surface area contributed by atoms with Crippen molar-refractivity contribution in [3.8, 4) is 0 Å². The lowest BCUT2D eigenvalue weighted by molar-refractivity contribution is 0.0791. The number of nitrogens with one attached hydrogen (secondary N) is 1. The summed E-state index contributed by atoms with van der Waals surface area (Å²) >= 11 is 0. The molecule has 5 heteroatoms. The minimum Gasteiger partial charge on any atom is -0.308 e. The largest absolute Gasteiger partial charge is 0.308 e. The molecule has 0 radical (unpaired) electrons. The Kier molecular flexibility index (Phi) is 3.58. The SMILES string of the molecule is CCn1ncnc1CN1CC2(CCCC2)NCC1C. The Hall–Kier alpha value is -0.940. The predicted octanol–water partition coefficient (Wildman–Crippen LogP) is 1.40. The Bertz CT molecular complexity index is 421. The molecular weight excluding hydrogens is 238 g/mol. The van der Waals surface area contributed by atoms with Gasteiger partial charge in [-0.05, 0) is 26.7 Å². The zero-order chi connectivity index (χ0) is 13.3. The second-order valence-corrected chi connectivity index (χ2v) is 6.11. The summed E-state index contributed by atoms with van der Waals surface area (Å²) < 4.78 is 2.01. The molecule has 1 atom stereocenters. The fourth-order valence-electron chi connectivity index (χ4n) is 3.55. The second-order valence-electron chi connectivity index (χ2n) is 6.11. The van der Waals surface area contributed by atoms with Gasteiger partial charge in [-0.1, -0.05) is 12.8 Å². The third kappa shape index (κ3) is 2.54. The molecule has 19 heavy (non-hydrogen) atoms. The van der Waals surface area contributed by atoms with Gasteiger partial charge in [0, 0.05) is 31.2 Å². The van der Waals surface area contributed by atoms with E-state index in [9.17, 15) is 0 Å². The summed E-state index contributed by atoms with van der Waals surface area (Å²) in [4.78, 5) is 7.00. The molecule has 1 aliphatic carbocycles. The van der Waals surface area contributed by atoms with E-state index in [4.69, 9.17) is 0 Å². The second kappa shape index (κ2) is 5.21. The molecule has 1 saturated heterocycles. The van der Waals surface area contributed by atoms with Crippen molar-refractivity contribution in [2.45, 2.75) is 64.2 Å². The highest BCUT2D eigenvalue weighted by atomic mass is 15.4. The Balaban J connectivity index is 1.71. The summed E-state index contributed by atoms with van der Waals surface area (Å²) in [5.41, 5.74) is 0.379. The fraction of sp³-hybridized carbons (Fsp3) is 0.857. The van der Waals surface area contributed by atoms with Crippen molar-refractivity contribution in [3.63, 3.8) is 0 Å². The summed E-state index contributed by atoms with van der Waals surface area (Å²) in [6, 6.07) is 0.577. The van der Waals surface area contributed by atoms with Gasteiger partial charge in [0.2, 0.25) is 0 Å². The standard InChI is InChI=1S/C14H25N5/c1-3-19-13(15-11-17-19)9-18-10-14(6-4-5-7-14)16-8-12(18)2/h11-12,16H,3-10H2,1-2H3. The molecule has 1 unspecified atom stereocenters. The minimum atomic E-state index is 0.379. The third-order valence-electron chi connectivity index (χ3n) is 4.80. The molecule has 0 amide bonds. The summed E-state index contributed by atoms with van der Waals surface area (Å²) in [5.74, 6) is 1.10. The summed E-state index contributed by atoms with van der Waals surface area (Å²) in [6.07, 6.45) is 7.09. The van der Waals surface area contributed by atoms with Crippen LogP contribution >= 0.6 is 0 Å². The summed E-state index contributed by atoms with van der Waals surface area (Å²) in [7, 11) is 0. The Morgan fingerprint density at radius 1 is 1.42 bits per heavy atom. The van der Waals surface area contributed by atoms with Crippen LogP contribution in [0, 0.1) is 0 Å². The molecule has 1 aromatic heterocycles. The topological polar surface area (TPSA) is 46.0 Å². The van der Waals surface area contributed by atoms with E-state index < -0.39 is 0 Å². The Morgan fingerprint density at radius 3 is 2.95 bits per heavy atom. The van der Waals surface area contributed by atoms with Crippen LogP contribution in [-0.4, -0.2) is 44.3 Å². The Labute approximate surface area is 115 Å². The van der Waals surface area contributed by atoms with Crippen molar-refractivity contribution in [1.82, 2.24) is 25.0 Å². The van der Waals surface area contributed by atoms with E-state index in [2.05, 4.69) is 34.1 Å². The van der Waals surface area contributed by atoms with Crippen LogP contribution in [0.15, 0.2) is 6.33 Å². The first-order valence-corrected chi connectivity index (χ1v) is 7.58. The zero-order valence-corrected chi connectivity index (χ0v) is 12.1. The maximum Gasteiger partial charge on any atom is 0.141 e. The van der Waals surface area contributed by atoms with Gasteiger partial charge in [-0.15, -0.1) is 0 Å². The number of piperazine rings is 1. The van der Waals surface area contributed by atoms with Crippen molar-refractivity contribution < 1.29 is 0 Å². The first-order chi connectivity index (χ1) is 9.22. The highest BCUT2D eigenvalue weighted by Crippen LogP contribution is 2.33. The number of aryl methyl sites for hydroxylation is 1. The molecule has 1 N–H and O–H groups in total. The summed E-state index contributed by atoms with van der Waals surface area (Å²) in [6.45, 7) is 8.52. The molecule has 1 saturated carbocycles. The molecule has 2 heterocycles. The first-order valence-electron chi connectivity index (χ1n) is 7.58. The molecule has 0 aromatic carbocycles. The lowest BCUT2D eigenvalue weighted by atomic mass is 9.92. The lowest BCUT2D eigenvalue weighted by Gasteiger charge is -2.45. The number of nitrogens with zero attached hydrogens (tertiary/aromatic N) is 4. The molecule has 0 bridgehead atoms. The lowest BCUT2D eigenvalue weighted by Crippen LogP contribution is -2.62. The fourth-order valence-corrected chi connectivity index (χ4v) is 3.55. The van der Waals surface area contributed by atoms with E-state index in [1.807, 2.05) is 4.68 Å². The molecule has 2 fully saturated rings. The van der Waals surface area contributed by atoms with E-state index in [-0.39, 0.29) is 0 Å². The number of hydrogen-bond donors (Lipinski definition) is 1. The van der Waals surface area contributed by atoms with Crippen LogP contribution < -0.4 is 5.32 Å². The maximum atomic E-state index is 4.42. The molecule has 106 valence electrons. The van der Waals surface area contributed by atoms with Crippen molar-refractivity contribution >= 4 is 0 Å². The molecule has 1 aliphatic heterocycles. The van der Waals surface area contributed by atoms with Crippen LogP contribution in [0.25, 0.3) is 0 Å². The highest BCUT2D eigenvalue weighted by molar-refractivity contribution is 5.01. The van der Waals surface area contributed by atoms with E-state index in [1.165, 1.54) is 25.7 Å². The maximum absolute atomic E-state index is 4.42. The Morgan fingerprint density at radius 2 is 2.21 bits per heavy atom. The van der Waals surface area contributed by atoms with Gasteiger partial charge < -0.3 is 5.32 Å². The average molecular weight is 263 g/mol. The van der Waals surface area contributed by atoms with E-state index in [0.717, 1.165) is 32.0 Å². The van der Waals surface area contributed by atoms with E-state index in [1.54, 1.807) is 6.33 Å². The van der Waals surface area contributed by atoms with Gasteiger partial charge in [-0.2, -0.15) is 5.10 Å². The molecule has 2 aliphatic rings. The average Bonchev–Trinajstić information content (AvgIpc) is 3.04. The van der Waals surface area contributed by atoms with Crippen LogP contribution in [0.1, 0.15) is 45.4 Å². The molecule has 5 nitrogen and oxygen atoms in total. The van der Waals surface area contributed by atoms with Gasteiger partial charge in [0.25, 0.3) is 0 Å². The number of rotatable bonds is 3. The smallest absolute Gasteiger partial charge is 0.141 e. The number of hydrogen-bond acceptors (Lipinski definition) is 4. The monoisotopic (exact) mass is 263 g/mol. The van der Waals surface area contributed by atoms with Crippen LogP contribution in [0.5, 0.6) is 0 Å². The minimum absolute atomic E-state index is 0.379. The van der Waals surface area contributed by atoms with Crippen molar-refractivity contribution in [2.24, 2.45) is 0 Å². The van der Waals surface area contributed by atoms with Gasteiger partial charge in [0.05, 0.1) is 6.54 Å². The van der Waals surface area contributed by atoms with Gasteiger partial charge in [0.1, 0.15) is 12.2 Å². The van der Waals surface area contributed by atoms with Gasteiger partial charge >= 0.3 is 0 Å². The normalized spacial score (nSPS) is 27.2.